The molecule has 154 valence electrons. The molecule has 2 heterocycles. The van der Waals surface area contributed by atoms with Crippen molar-refractivity contribution in [1.82, 2.24) is 20.2 Å². The zero-order chi connectivity index (χ0) is 21.4. The summed E-state index contributed by atoms with van der Waals surface area (Å²) in [6.45, 7) is 4.12. The second-order valence-electron chi connectivity index (χ2n) is 7.15. The molecule has 1 amide bonds. The van der Waals surface area contributed by atoms with Crippen molar-refractivity contribution < 1.29 is 18.3 Å². The maximum atomic E-state index is 13.8. The van der Waals surface area contributed by atoms with Crippen LogP contribution in [0.4, 0.5) is 19.5 Å². The normalized spacial score (nSPS) is 11.4. The smallest absolute Gasteiger partial charge is 0.413 e. The number of carbonyl (C=O) groups excluding carboxylic acids is 1. The third kappa shape index (κ3) is 3.71. The number of rotatable bonds is 4. The van der Waals surface area contributed by atoms with Gasteiger partial charge in [-0.3, -0.25) is 10.1 Å². The minimum absolute atomic E-state index is 0.0149. The van der Waals surface area contributed by atoms with Crippen LogP contribution in [0.2, 0.25) is 0 Å². The Hall–Kier alpha value is -3.82. The third-order valence-corrected chi connectivity index (χ3v) is 4.35. The van der Waals surface area contributed by atoms with Crippen molar-refractivity contribution in [1.29, 1.82) is 0 Å². The summed E-state index contributed by atoms with van der Waals surface area (Å²) in [6, 6.07) is 6.80. The minimum atomic E-state index is -1.12. The van der Waals surface area contributed by atoms with Gasteiger partial charge in [-0.2, -0.15) is 5.10 Å². The van der Waals surface area contributed by atoms with Gasteiger partial charge in [0.15, 0.2) is 11.6 Å². The van der Waals surface area contributed by atoms with Crippen molar-refractivity contribution in [2.75, 3.05) is 11.9 Å². The number of fused-ring (bicyclic) bond motifs is 2. The summed E-state index contributed by atoms with van der Waals surface area (Å²) in [5, 5.41) is 8.97. The second kappa shape index (κ2) is 7.54. The monoisotopic (exact) mass is 413 g/mol. The maximum absolute atomic E-state index is 13.8. The largest absolute Gasteiger partial charge is 0.449 e. The van der Waals surface area contributed by atoms with Crippen LogP contribution < -0.4 is 10.9 Å². The Morgan fingerprint density at radius 1 is 1.17 bits per heavy atom. The summed E-state index contributed by atoms with van der Waals surface area (Å²) < 4.78 is 32.4. The molecule has 8 nitrogen and oxygen atoms in total. The first-order valence-corrected chi connectivity index (χ1v) is 9.13. The van der Waals surface area contributed by atoms with Crippen molar-refractivity contribution in [3.8, 4) is 11.3 Å². The van der Waals surface area contributed by atoms with Crippen LogP contribution in [0.1, 0.15) is 13.8 Å². The van der Waals surface area contributed by atoms with Gasteiger partial charge in [0.1, 0.15) is 0 Å². The van der Waals surface area contributed by atoms with Crippen LogP contribution >= 0.6 is 0 Å². The van der Waals surface area contributed by atoms with Crippen molar-refractivity contribution in [3.63, 3.8) is 0 Å². The van der Waals surface area contributed by atoms with Gasteiger partial charge in [0.25, 0.3) is 5.56 Å². The van der Waals surface area contributed by atoms with E-state index in [2.05, 4.69) is 25.5 Å². The molecule has 0 unspecified atom stereocenters. The van der Waals surface area contributed by atoms with Gasteiger partial charge in [0.05, 0.1) is 28.7 Å². The van der Waals surface area contributed by atoms with Crippen molar-refractivity contribution >= 4 is 33.8 Å². The summed E-state index contributed by atoms with van der Waals surface area (Å²) in [4.78, 5) is 31.0. The highest BCUT2D eigenvalue weighted by Gasteiger charge is 2.15. The van der Waals surface area contributed by atoms with Gasteiger partial charge in [-0.15, -0.1) is 0 Å². The molecular weight excluding hydrogens is 396 g/mol. The fourth-order valence-electron chi connectivity index (χ4n) is 2.97. The van der Waals surface area contributed by atoms with Gasteiger partial charge in [-0.25, -0.2) is 23.7 Å². The number of benzene rings is 2. The lowest BCUT2D eigenvalue weighted by molar-refractivity contribution is 0.147. The number of amides is 1. The highest BCUT2D eigenvalue weighted by molar-refractivity contribution is 5.96. The standard InChI is InChI=1S/C20H17F2N5O3/c1-9(2)8-30-20(29)25-19-23-15-4-3-10(5-16(15)24-19)17-11-6-13(21)14(22)7-12(11)18(28)27-26-17/h3-7,9H,8H2,1-2H3,(H,27,28)(H2,23,24,25,29). The Bertz CT molecular complexity index is 1330. The van der Waals surface area contributed by atoms with Crippen LogP contribution in [0.3, 0.4) is 0 Å². The first kappa shape index (κ1) is 19.5. The molecule has 4 aromatic rings. The summed E-state index contributed by atoms with van der Waals surface area (Å²) in [5.41, 5.74) is 1.30. The van der Waals surface area contributed by atoms with Gasteiger partial charge < -0.3 is 9.72 Å². The lowest BCUT2D eigenvalue weighted by Crippen LogP contribution is -2.17. The molecule has 30 heavy (non-hydrogen) atoms. The van der Waals surface area contributed by atoms with Crippen molar-refractivity contribution in [3.05, 3.63) is 52.3 Å². The number of carbonyl (C=O) groups is 1. The lowest BCUT2D eigenvalue weighted by atomic mass is 10.0. The first-order valence-electron chi connectivity index (χ1n) is 9.13. The van der Waals surface area contributed by atoms with Crippen LogP contribution in [-0.2, 0) is 4.74 Å². The fourth-order valence-corrected chi connectivity index (χ4v) is 2.97. The van der Waals surface area contributed by atoms with Crippen LogP contribution in [0.5, 0.6) is 0 Å². The molecule has 0 spiro atoms. The summed E-state index contributed by atoms with van der Waals surface area (Å²) >= 11 is 0. The van der Waals surface area contributed by atoms with E-state index in [9.17, 15) is 18.4 Å². The Labute approximate surface area is 168 Å². The molecule has 0 aliphatic carbocycles. The first-order chi connectivity index (χ1) is 14.3. The van der Waals surface area contributed by atoms with Gasteiger partial charge in [0.2, 0.25) is 5.95 Å². The molecule has 0 fully saturated rings. The van der Waals surface area contributed by atoms with Gasteiger partial charge in [-0.05, 0) is 30.2 Å². The van der Waals surface area contributed by atoms with E-state index >= 15 is 0 Å². The van der Waals surface area contributed by atoms with Gasteiger partial charge in [0, 0.05) is 10.9 Å². The Morgan fingerprint density at radius 2 is 1.90 bits per heavy atom. The minimum Gasteiger partial charge on any atom is -0.449 e. The number of aromatic amines is 2. The number of ether oxygens (including phenoxy) is 1. The molecule has 4 rings (SSSR count). The van der Waals surface area contributed by atoms with E-state index in [4.69, 9.17) is 4.74 Å². The fraction of sp³-hybridized carbons (Fsp3) is 0.200. The van der Waals surface area contributed by atoms with Gasteiger partial charge >= 0.3 is 6.09 Å². The zero-order valence-corrected chi connectivity index (χ0v) is 16.0. The number of imidazole rings is 1. The molecule has 10 heteroatoms. The van der Waals surface area contributed by atoms with Crippen LogP contribution in [0.25, 0.3) is 33.1 Å². The second-order valence-corrected chi connectivity index (χ2v) is 7.15. The Morgan fingerprint density at radius 3 is 2.63 bits per heavy atom. The highest BCUT2D eigenvalue weighted by atomic mass is 19.2. The van der Waals surface area contributed by atoms with Crippen molar-refractivity contribution in [2.24, 2.45) is 5.92 Å². The molecule has 0 saturated heterocycles. The maximum Gasteiger partial charge on any atom is 0.413 e. The van der Waals surface area contributed by atoms with Crippen molar-refractivity contribution in [2.45, 2.75) is 13.8 Å². The quantitative estimate of drug-likeness (QED) is 0.469. The number of anilines is 1. The number of nitrogens with one attached hydrogen (secondary N) is 3. The molecule has 0 saturated carbocycles. The van der Waals surface area contributed by atoms with Gasteiger partial charge in [-0.1, -0.05) is 19.9 Å². The molecule has 0 atom stereocenters. The average Bonchev–Trinajstić information content (AvgIpc) is 3.09. The lowest BCUT2D eigenvalue weighted by Gasteiger charge is -2.06. The molecule has 0 aliphatic heterocycles. The number of halogens is 2. The number of aromatic nitrogens is 4. The van der Waals surface area contributed by atoms with E-state index < -0.39 is 23.3 Å². The topological polar surface area (TPSA) is 113 Å². The van der Waals surface area contributed by atoms with E-state index in [0.717, 1.165) is 12.1 Å². The Balaban J connectivity index is 1.71. The molecule has 0 radical (unpaired) electrons. The number of nitrogens with zero attached hydrogens (tertiary/aromatic N) is 2. The number of hydrogen-bond donors (Lipinski definition) is 3. The van der Waals surface area contributed by atoms with Crippen LogP contribution in [0.15, 0.2) is 35.1 Å². The van der Waals surface area contributed by atoms with E-state index in [1.807, 2.05) is 13.8 Å². The van der Waals surface area contributed by atoms with E-state index in [1.54, 1.807) is 18.2 Å². The van der Waals surface area contributed by atoms with Crippen LogP contribution in [-0.4, -0.2) is 32.9 Å². The van der Waals surface area contributed by atoms with E-state index in [0.29, 0.717) is 16.6 Å². The van der Waals surface area contributed by atoms with E-state index in [1.165, 1.54) is 0 Å². The Kier molecular flexibility index (Phi) is 4.90. The third-order valence-electron chi connectivity index (χ3n) is 4.35. The number of hydrogen-bond acceptors (Lipinski definition) is 5. The summed E-state index contributed by atoms with van der Waals surface area (Å²) in [7, 11) is 0. The van der Waals surface area contributed by atoms with E-state index in [-0.39, 0.29) is 34.9 Å². The summed E-state index contributed by atoms with van der Waals surface area (Å²) in [5.74, 6) is -1.80. The zero-order valence-electron chi connectivity index (χ0n) is 16.0. The number of H-pyrrole nitrogens is 2. The summed E-state index contributed by atoms with van der Waals surface area (Å²) in [6.07, 6.45) is -0.631. The molecule has 0 bridgehead atoms. The average molecular weight is 413 g/mol. The van der Waals surface area contributed by atoms with Crippen LogP contribution in [0, 0.1) is 17.6 Å². The molecule has 2 aromatic heterocycles. The molecular formula is C20H17F2N5O3. The molecule has 0 aliphatic rings. The SMILES string of the molecule is CC(C)COC(=O)Nc1nc2ccc(-c3n[nH]c(=O)c4cc(F)c(F)cc34)cc2[nH]1. The molecule has 3 N–H and O–H groups in total. The predicted molar refractivity (Wildman–Crippen MR) is 107 cm³/mol. The highest BCUT2D eigenvalue weighted by Crippen LogP contribution is 2.28. The predicted octanol–water partition coefficient (Wildman–Crippen LogP) is 3.95. The molecule has 2 aromatic carbocycles.